The Kier molecular flexibility index (Phi) is 3.90. The van der Waals surface area contributed by atoms with Gasteiger partial charge in [0, 0.05) is 30.1 Å². The minimum absolute atomic E-state index is 0.508. The SMILES string of the molecule is CCN=C(N)N1CCSC(C)C1C. The molecule has 1 aliphatic rings. The van der Waals surface area contributed by atoms with Crippen molar-refractivity contribution in [3.8, 4) is 0 Å². The molecule has 2 unspecified atom stereocenters. The van der Waals surface area contributed by atoms with E-state index in [4.69, 9.17) is 5.73 Å². The number of guanidine groups is 1. The molecular formula is C9H19N3S. The first kappa shape index (κ1) is 10.7. The van der Waals surface area contributed by atoms with Crippen LogP contribution in [0.5, 0.6) is 0 Å². The molecule has 0 saturated carbocycles. The maximum atomic E-state index is 5.88. The second kappa shape index (κ2) is 4.74. The number of hydrogen-bond acceptors (Lipinski definition) is 2. The Labute approximate surface area is 84.8 Å². The van der Waals surface area contributed by atoms with Crippen LogP contribution >= 0.6 is 11.8 Å². The lowest BCUT2D eigenvalue weighted by Crippen LogP contribution is -2.51. The molecule has 4 heteroatoms. The van der Waals surface area contributed by atoms with Crippen molar-refractivity contribution in [3.63, 3.8) is 0 Å². The molecule has 0 aromatic rings. The Morgan fingerprint density at radius 2 is 2.31 bits per heavy atom. The van der Waals surface area contributed by atoms with E-state index < -0.39 is 0 Å². The number of hydrogen-bond donors (Lipinski definition) is 1. The van der Waals surface area contributed by atoms with E-state index in [0.29, 0.717) is 17.3 Å². The standard InChI is InChI=1S/C9H19N3S/c1-4-11-9(10)12-5-6-13-8(3)7(12)2/h7-8H,4-6H2,1-3H3,(H2,10,11). The average Bonchev–Trinajstić information content (AvgIpc) is 2.10. The summed E-state index contributed by atoms with van der Waals surface area (Å²) in [4.78, 5) is 6.46. The summed E-state index contributed by atoms with van der Waals surface area (Å²) < 4.78 is 0. The molecule has 0 radical (unpaired) electrons. The highest BCUT2D eigenvalue weighted by Crippen LogP contribution is 2.23. The fourth-order valence-electron chi connectivity index (χ4n) is 1.51. The van der Waals surface area contributed by atoms with Crippen LogP contribution in [0.15, 0.2) is 4.99 Å². The molecule has 1 saturated heterocycles. The smallest absolute Gasteiger partial charge is 0.191 e. The van der Waals surface area contributed by atoms with Crippen LogP contribution < -0.4 is 5.73 Å². The quantitative estimate of drug-likeness (QED) is 0.511. The molecule has 76 valence electrons. The highest BCUT2D eigenvalue weighted by Gasteiger charge is 2.26. The Bertz CT molecular complexity index is 193. The summed E-state index contributed by atoms with van der Waals surface area (Å²) in [5, 5.41) is 0.652. The minimum atomic E-state index is 0.508. The molecule has 2 atom stereocenters. The van der Waals surface area contributed by atoms with E-state index in [-0.39, 0.29) is 0 Å². The van der Waals surface area contributed by atoms with Crippen molar-refractivity contribution in [1.29, 1.82) is 0 Å². The summed E-state index contributed by atoms with van der Waals surface area (Å²) in [6, 6.07) is 0.508. The van der Waals surface area contributed by atoms with Crippen molar-refractivity contribution in [2.45, 2.75) is 32.1 Å². The minimum Gasteiger partial charge on any atom is -0.370 e. The van der Waals surface area contributed by atoms with Gasteiger partial charge >= 0.3 is 0 Å². The van der Waals surface area contributed by atoms with Gasteiger partial charge in [0.05, 0.1) is 0 Å². The second-order valence-electron chi connectivity index (χ2n) is 3.34. The second-order valence-corrected chi connectivity index (χ2v) is 4.83. The number of nitrogens with zero attached hydrogens (tertiary/aromatic N) is 2. The van der Waals surface area contributed by atoms with Gasteiger partial charge in [0.25, 0.3) is 0 Å². The lowest BCUT2D eigenvalue weighted by Gasteiger charge is -2.38. The zero-order chi connectivity index (χ0) is 9.84. The molecule has 0 aliphatic carbocycles. The van der Waals surface area contributed by atoms with Gasteiger partial charge < -0.3 is 10.6 Å². The van der Waals surface area contributed by atoms with Gasteiger partial charge in [0.2, 0.25) is 0 Å². The van der Waals surface area contributed by atoms with Crippen molar-refractivity contribution in [2.75, 3.05) is 18.8 Å². The molecule has 1 rings (SSSR count). The van der Waals surface area contributed by atoms with Crippen LogP contribution in [0.1, 0.15) is 20.8 Å². The fraction of sp³-hybridized carbons (Fsp3) is 0.889. The van der Waals surface area contributed by atoms with Crippen molar-refractivity contribution in [3.05, 3.63) is 0 Å². The summed E-state index contributed by atoms with van der Waals surface area (Å²) in [5.74, 6) is 1.87. The molecule has 0 amide bonds. The maximum Gasteiger partial charge on any atom is 0.191 e. The van der Waals surface area contributed by atoms with E-state index in [2.05, 4.69) is 23.7 Å². The molecular weight excluding hydrogens is 182 g/mol. The third-order valence-electron chi connectivity index (χ3n) is 2.50. The third-order valence-corrected chi connectivity index (χ3v) is 3.84. The monoisotopic (exact) mass is 201 g/mol. The topological polar surface area (TPSA) is 41.6 Å². The van der Waals surface area contributed by atoms with Gasteiger partial charge in [-0.15, -0.1) is 0 Å². The first-order valence-corrected chi connectivity index (χ1v) is 5.89. The molecule has 0 spiro atoms. The summed E-state index contributed by atoms with van der Waals surface area (Å²) in [7, 11) is 0. The van der Waals surface area contributed by atoms with Crippen LogP contribution in [0.2, 0.25) is 0 Å². The maximum absolute atomic E-state index is 5.88. The average molecular weight is 201 g/mol. The highest BCUT2D eigenvalue weighted by atomic mass is 32.2. The van der Waals surface area contributed by atoms with Crippen LogP contribution in [-0.2, 0) is 0 Å². The Balaban J connectivity index is 2.62. The molecule has 0 aromatic heterocycles. The van der Waals surface area contributed by atoms with Gasteiger partial charge in [0.15, 0.2) is 5.96 Å². The fourth-order valence-corrected chi connectivity index (χ4v) is 2.61. The Morgan fingerprint density at radius 1 is 1.62 bits per heavy atom. The molecule has 1 fully saturated rings. The van der Waals surface area contributed by atoms with Gasteiger partial charge in [-0.2, -0.15) is 11.8 Å². The van der Waals surface area contributed by atoms with E-state index in [9.17, 15) is 0 Å². The molecule has 0 bridgehead atoms. The Hall–Kier alpha value is -0.380. The van der Waals surface area contributed by atoms with Gasteiger partial charge in [-0.25, -0.2) is 0 Å². The highest BCUT2D eigenvalue weighted by molar-refractivity contribution is 8.00. The Morgan fingerprint density at radius 3 is 2.92 bits per heavy atom. The molecule has 1 heterocycles. The van der Waals surface area contributed by atoms with E-state index in [0.717, 1.165) is 18.8 Å². The predicted octanol–water partition coefficient (Wildman–Crippen LogP) is 1.15. The predicted molar refractivity (Wildman–Crippen MR) is 60.3 cm³/mol. The van der Waals surface area contributed by atoms with E-state index in [1.807, 2.05) is 18.7 Å². The number of rotatable bonds is 1. The normalized spacial score (nSPS) is 30.7. The molecule has 13 heavy (non-hydrogen) atoms. The van der Waals surface area contributed by atoms with Crippen molar-refractivity contribution >= 4 is 17.7 Å². The number of thioether (sulfide) groups is 1. The van der Waals surface area contributed by atoms with Crippen molar-refractivity contribution in [1.82, 2.24) is 4.90 Å². The van der Waals surface area contributed by atoms with Crippen LogP contribution in [0.4, 0.5) is 0 Å². The van der Waals surface area contributed by atoms with Crippen molar-refractivity contribution < 1.29 is 0 Å². The van der Waals surface area contributed by atoms with E-state index in [1.54, 1.807) is 0 Å². The molecule has 0 aromatic carbocycles. The van der Waals surface area contributed by atoms with E-state index in [1.165, 1.54) is 0 Å². The number of nitrogens with two attached hydrogens (primary N) is 1. The molecule has 2 N–H and O–H groups in total. The lowest BCUT2D eigenvalue weighted by atomic mass is 10.2. The van der Waals surface area contributed by atoms with Crippen LogP contribution in [0, 0.1) is 0 Å². The van der Waals surface area contributed by atoms with Crippen LogP contribution in [0.25, 0.3) is 0 Å². The largest absolute Gasteiger partial charge is 0.370 e. The molecule has 3 nitrogen and oxygen atoms in total. The van der Waals surface area contributed by atoms with Crippen molar-refractivity contribution in [2.24, 2.45) is 10.7 Å². The number of aliphatic imine (C=N–C) groups is 1. The summed E-state index contributed by atoms with van der Waals surface area (Å²) in [5.41, 5.74) is 5.88. The summed E-state index contributed by atoms with van der Waals surface area (Å²) in [6.45, 7) is 8.29. The van der Waals surface area contributed by atoms with Gasteiger partial charge in [-0.3, -0.25) is 4.99 Å². The molecule has 1 aliphatic heterocycles. The van der Waals surface area contributed by atoms with E-state index >= 15 is 0 Å². The zero-order valence-electron chi connectivity index (χ0n) is 8.66. The lowest BCUT2D eigenvalue weighted by molar-refractivity contribution is 0.330. The first-order valence-electron chi connectivity index (χ1n) is 4.85. The van der Waals surface area contributed by atoms with Crippen LogP contribution in [-0.4, -0.2) is 41.0 Å². The van der Waals surface area contributed by atoms with Crippen LogP contribution in [0.3, 0.4) is 0 Å². The zero-order valence-corrected chi connectivity index (χ0v) is 9.47. The van der Waals surface area contributed by atoms with Gasteiger partial charge in [-0.05, 0) is 13.8 Å². The van der Waals surface area contributed by atoms with Gasteiger partial charge in [0.1, 0.15) is 0 Å². The summed E-state index contributed by atoms with van der Waals surface area (Å²) in [6.07, 6.45) is 0. The van der Waals surface area contributed by atoms with Gasteiger partial charge in [-0.1, -0.05) is 6.92 Å². The summed E-state index contributed by atoms with van der Waals surface area (Å²) >= 11 is 2.01. The third kappa shape index (κ3) is 2.53. The first-order chi connectivity index (χ1) is 6.16.